The van der Waals surface area contributed by atoms with Crippen molar-refractivity contribution in [1.82, 2.24) is 15.0 Å². The Hall–Kier alpha value is -2.86. The average molecular weight is 329 g/mol. The quantitative estimate of drug-likeness (QED) is 0.744. The van der Waals surface area contributed by atoms with Crippen LogP contribution < -0.4 is 5.73 Å². The molecule has 1 aromatic heterocycles. The molecule has 6 nitrogen and oxygen atoms in total. The highest BCUT2D eigenvalue weighted by molar-refractivity contribution is 6.31. The highest BCUT2D eigenvalue weighted by atomic mass is 35.5. The number of nitrogens with two attached hydrogens (primary N) is 1. The zero-order chi connectivity index (χ0) is 16.2. The molecular weight excluding hydrogens is 316 g/mol. The molecule has 0 bridgehead atoms. The fourth-order valence-corrected chi connectivity index (χ4v) is 2.16. The molecule has 1 heterocycles. The molecule has 3 aromatic rings. The van der Waals surface area contributed by atoms with Crippen molar-refractivity contribution >= 4 is 23.4 Å². The lowest BCUT2D eigenvalue weighted by molar-refractivity contribution is 0.0466. The van der Waals surface area contributed by atoms with Crippen LogP contribution in [0.1, 0.15) is 16.1 Å². The number of carbonyl (C=O) groups excluding carboxylic acids is 1. The van der Waals surface area contributed by atoms with Crippen molar-refractivity contribution in [3.05, 3.63) is 70.9 Å². The summed E-state index contributed by atoms with van der Waals surface area (Å²) in [5.74, 6) is -0.636. The lowest BCUT2D eigenvalue weighted by atomic mass is 10.2. The molecule has 0 fully saturated rings. The highest BCUT2D eigenvalue weighted by Crippen LogP contribution is 2.17. The Balaban J connectivity index is 1.75. The maximum atomic E-state index is 12.1. The van der Waals surface area contributed by atoms with E-state index in [0.29, 0.717) is 16.3 Å². The van der Waals surface area contributed by atoms with Gasteiger partial charge in [-0.1, -0.05) is 48.0 Å². The number of aromatic nitrogens is 3. The van der Waals surface area contributed by atoms with Crippen LogP contribution in [0.3, 0.4) is 0 Å². The summed E-state index contributed by atoms with van der Waals surface area (Å²) < 4.78 is 5.21. The molecular formula is C16H13ClN4O2. The van der Waals surface area contributed by atoms with Gasteiger partial charge in [0.1, 0.15) is 6.61 Å². The monoisotopic (exact) mass is 328 g/mol. The number of hydrogen-bond donors (Lipinski definition) is 1. The van der Waals surface area contributed by atoms with Crippen LogP contribution >= 0.6 is 11.6 Å². The van der Waals surface area contributed by atoms with Crippen LogP contribution in [0.4, 0.5) is 5.82 Å². The predicted molar refractivity (Wildman–Crippen MR) is 86.3 cm³/mol. The summed E-state index contributed by atoms with van der Waals surface area (Å²) in [6.45, 7) is 0.0378. The van der Waals surface area contributed by atoms with Gasteiger partial charge < -0.3 is 10.5 Å². The number of nitrogen functional groups attached to an aromatic ring is 1. The van der Waals surface area contributed by atoms with Gasteiger partial charge in [-0.15, -0.1) is 15.0 Å². The minimum atomic E-state index is -0.649. The second-order valence-corrected chi connectivity index (χ2v) is 5.13. The number of carbonyl (C=O) groups is 1. The van der Waals surface area contributed by atoms with E-state index in [0.717, 1.165) is 0 Å². The van der Waals surface area contributed by atoms with Crippen LogP contribution in [0.25, 0.3) is 5.69 Å². The lowest BCUT2D eigenvalue weighted by Gasteiger charge is -2.04. The number of para-hydroxylation sites is 1. The van der Waals surface area contributed by atoms with E-state index in [2.05, 4.69) is 10.2 Å². The van der Waals surface area contributed by atoms with E-state index in [9.17, 15) is 4.79 Å². The molecule has 0 aliphatic carbocycles. The van der Waals surface area contributed by atoms with E-state index < -0.39 is 5.97 Å². The second kappa shape index (κ2) is 6.50. The molecule has 23 heavy (non-hydrogen) atoms. The summed E-state index contributed by atoms with van der Waals surface area (Å²) in [6.07, 6.45) is 0. The first kappa shape index (κ1) is 15.1. The first-order valence-corrected chi connectivity index (χ1v) is 7.21. The van der Waals surface area contributed by atoms with Crippen molar-refractivity contribution in [2.75, 3.05) is 5.73 Å². The number of anilines is 1. The van der Waals surface area contributed by atoms with Crippen LogP contribution in [-0.4, -0.2) is 21.0 Å². The minimum absolute atomic E-state index is 0.0120. The van der Waals surface area contributed by atoms with Gasteiger partial charge in [0.25, 0.3) is 0 Å². The van der Waals surface area contributed by atoms with E-state index in [1.807, 2.05) is 24.3 Å². The topological polar surface area (TPSA) is 83.0 Å². The molecule has 0 saturated heterocycles. The number of esters is 1. The normalized spacial score (nSPS) is 10.5. The lowest BCUT2D eigenvalue weighted by Crippen LogP contribution is -2.09. The molecule has 0 radical (unpaired) electrons. The van der Waals surface area contributed by atoms with Crippen molar-refractivity contribution in [3.8, 4) is 5.69 Å². The van der Waals surface area contributed by atoms with Gasteiger partial charge in [-0.25, -0.2) is 4.79 Å². The van der Waals surface area contributed by atoms with Gasteiger partial charge in [-0.3, -0.25) is 0 Å². The van der Waals surface area contributed by atoms with Crippen molar-refractivity contribution in [3.63, 3.8) is 0 Å². The molecule has 0 aliphatic heterocycles. The number of nitrogens with zero attached hydrogens (tertiary/aromatic N) is 3. The van der Waals surface area contributed by atoms with Crippen molar-refractivity contribution in [1.29, 1.82) is 0 Å². The van der Waals surface area contributed by atoms with Crippen molar-refractivity contribution < 1.29 is 9.53 Å². The number of rotatable bonds is 4. The summed E-state index contributed by atoms with van der Waals surface area (Å²) in [5.41, 5.74) is 7.13. The summed E-state index contributed by atoms with van der Waals surface area (Å²) in [7, 11) is 0. The third-order valence-electron chi connectivity index (χ3n) is 3.14. The minimum Gasteiger partial charge on any atom is -0.456 e. The maximum Gasteiger partial charge on any atom is 0.363 e. The zero-order valence-corrected chi connectivity index (χ0v) is 12.8. The van der Waals surface area contributed by atoms with Crippen molar-refractivity contribution in [2.45, 2.75) is 6.61 Å². The summed E-state index contributed by atoms with van der Waals surface area (Å²) in [6, 6.07) is 16.3. The first-order chi connectivity index (χ1) is 11.1. The Morgan fingerprint density at radius 1 is 1.09 bits per heavy atom. The van der Waals surface area contributed by atoms with Gasteiger partial charge in [0.15, 0.2) is 5.82 Å². The zero-order valence-electron chi connectivity index (χ0n) is 12.0. The molecule has 0 spiro atoms. The van der Waals surface area contributed by atoms with Crippen LogP contribution in [0, 0.1) is 0 Å². The molecule has 116 valence electrons. The maximum absolute atomic E-state index is 12.1. The molecule has 3 rings (SSSR count). The second-order valence-electron chi connectivity index (χ2n) is 4.73. The van der Waals surface area contributed by atoms with E-state index in [1.165, 1.54) is 4.80 Å². The predicted octanol–water partition coefficient (Wildman–Crippen LogP) is 2.86. The van der Waals surface area contributed by atoms with Gasteiger partial charge >= 0.3 is 5.97 Å². The third kappa shape index (κ3) is 3.32. The van der Waals surface area contributed by atoms with Gasteiger partial charge in [0.2, 0.25) is 5.69 Å². The summed E-state index contributed by atoms with van der Waals surface area (Å²) >= 11 is 6.02. The van der Waals surface area contributed by atoms with Crippen LogP contribution in [0.15, 0.2) is 54.6 Å². The fraction of sp³-hybridized carbons (Fsp3) is 0.0625. The standard InChI is InChI=1S/C16H13ClN4O2/c17-13-9-5-4-6-11(13)10-23-16(22)14-15(18)20-21(19-14)12-7-2-1-3-8-12/h1-9H,10H2,(H2,18,20). The molecule has 0 atom stereocenters. The smallest absolute Gasteiger partial charge is 0.363 e. The average Bonchev–Trinajstić information content (AvgIpc) is 2.97. The highest BCUT2D eigenvalue weighted by Gasteiger charge is 2.19. The van der Waals surface area contributed by atoms with Gasteiger partial charge in [0, 0.05) is 10.6 Å². The summed E-state index contributed by atoms with van der Waals surface area (Å²) in [4.78, 5) is 13.4. The molecule has 0 amide bonds. The first-order valence-electron chi connectivity index (χ1n) is 6.84. The van der Waals surface area contributed by atoms with E-state index in [1.54, 1.807) is 30.3 Å². The Morgan fingerprint density at radius 3 is 2.52 bits per heavy atom. The van der Waals surface area contributed by atoms with Gasteiger partial charge in [-0.2, -0.15) is 0 Å². The van der Waals surface area contributed by atoms with E-state index in [-0.39, 0.29) is 18.1 Å². The Bertz CT molecular complexity index is 833. The fourth-order valence-electron chi connectivity index (χ4n) is 1.97. The van der Waals surface area contributed by atoms with E-state index >= 15 is 0 Å². The Morgan fingerprint density at radius 2 is 1.78 bits per heavy atom. The van der Waals surface area contributed by atoms with Gasteiger partial charge in [0.05, 0.1) is 5.69 Å². The number of halogens is 1. The van der Waals surface area contributed by atoms with Crippen LogP contribution in [-0.2, 0) is 11.3 Å². The molecule has 7 heteroatoms. The number of hydrogen-bond acceptors (Lipinski definition) is 5. The third-order valence-corrected chi connectivity index (χ3v) is 3.51. The molecule has 0 unspecified atom stereocenters. The summed E-state index contributed by atoms with van der Waals surface area (Å²) in [5, 5.41) is 8.65. The number of benzene rings is 2. The van der Waals surface area contributed by atoms with Crippen molar-refractivity contribution in [2.24, 2.45) is 0 Å². The molecule has 0 aliphatic rings. The van der Waals surface area contributed by atoms with Crippen LogP contribution in [0.2, 0.25) is 5.02 Å². The largest absolute Gasteiger partial charge is 0.456 e. The Labute approximate surface area is 137 Å². The number of ether oxygens (including phenoxy) is 1. The van der Waals surface area contributed by atoms with Crippen LogP contribution in [0.5, 0.6) is 0 Å². The molecule has 0 saturated carbocycles. The molecule has 2 aromatic carbocycles. The Kier molecular flexibility index (Phi) is 4.25. The SMILES string of the molecule is Nc1nn(-c2ccccc2)nc1C(=O)OCc1ccccc1Cl. The van der Waals surface area contributed by atoms with E-state index in [4.69, 9.17) is 22.1 Å². The molecule has 2 N–H and O–H groups in total. The van der Waals surface area contributed by atoms with Gasteiger partial charge in [-0.05, 0) is 18.2 Å².